The van der Waals surface area contributed by atoms with Crippen LogP contribution in [-0.4, -0.2) is 64.9 Å². The summed E-state index contributed by atoms with van der Waals surface area (Å²) < 4.78 is 21.7. The molecule has 6 heteroatoms. The fourth-order valence-electron chi connectivity index (χ4n) is 0.895. The van der Waals surface area contributed by atoms with E-state index in [1.54, 1.807) is 6.92 Å². The van der Waals surface area contributed by atoms with Crippen molar-refractivity contribution in [2.24, 2.45) is 5.14 Å². The van der Waals surface area contributed by atoms with E-state index < -0.39 is 10.0 Å². The SMILES string of the molecule is Cc1ccc(O)cc1S(N)(=O)=O.[K]. The van der Waals surface area contributed by atoms with Gasteiger partial charge in [0.15, 0.2) is 0 Å². The fourth-order valence-corrected chi connectivity index (χ4v) is 1.70. The molecule has 0 aliphatic rings. The van der Waals surface area contributed by atoms with E-state index in [0.717, 1.165) is 6.07 Å². The van der Waals surface area contributed by atoms with Gasteiger partial charge in [0.1, 0.15) is 5.75 Å². The van der Waals surface area contributed by atoms with Crippen molar-refractivity contribution in [2.75, 3.05) is 0 Å². The third kappa shape index (κ3) is 3.66. The number of phenols is 1. The van der Waals surface area contributed by atoms with E-state index in [1.807, 2.05) is 0 Å². The maximum absolute atomic E-state index is 10.9. The minimum absolute atomic E-state index is 0. The molecule has 1 aromatic carbocycles. The van der Waals surface area contributed by atoms with Crippen LogP contribution in [0.3, 0.4) is 0 Å². The smallest absolute Gasteiger partial charge is 0.238 e. The Morgan fingerprint density at radius 1 is 1.38 bits per heavy atom. The third-order valence-electron chi connectivity index (χ3n) is 1.48. The van der Waals surface area contributed by atoms with Crippen LogP contribution in [0.25, 0.3) is 0 Å². The van der Waals surface area contributed by atoms with Crippen molar-refractivity contribution in [3.8, 4) is 5.75 Å². The Morgan fingerprint density at radius 2 is 1.92 bits per heavy atom. The summed E-state index contributed by atoms with van der Waals surface area (Å²) in [6, 6.07) is 4.03. The fraction of sp³-hybridized carbons (Fsp3) is 0.143. The zero-order valence-corrected chi connectivity index (χ0v) is 11.4. The third-order valence-corrected chi connectivity index (χ3v) is 2.53. The maximum Gasteiger partial charge on any atom is 0.238 e. The Hall–Kier alpha value is 0.566. The standard InChI is InChI=1S/C7H9NO3S.K/c1-5-2-3-6(9)4-7(5)12(8,10)11;/h2-4,9H,1H3,(H2,8,10,11);. The number of phenolic OH excluding ortho intramolecular Hbond substituents is 1. The molecule has 0 bridgehead atoms. The summed E-state index contributed by atoms with van der Waals surface area (Å²) in [7, 11) is -3.72. The van der Waals surface area contributed by atoms with Gasteiger partial charge in [0.05, 0.1) is 4.90 Å². The number of aromatic hydroxyl groups is 1. The Bertz CT molecular complexity index is 402. The summed E-state index contributed by atoms with van der Waals surface area (Å²) in [4.78, 5) is -0.0394. The summed E-state index contributed by atoms with van der Waals surface area (Å²) >= 11 is 0. The van der Waals surface area contributed by atoms with E-state index >= 15 is 0 Å². The summed E-state index contributed by atoms with van der Waals surface area (Å²) in [5.74, 6) is -0.107. The molecule has 0 saturated heterocycles. The first-order chi connectivity index (χ1) is 5.41. The van der Waals surface area contributed by atoms with Crippen LogP contribution in [0.15, 0.2) is 23.1 Å². The molecule has 0 aliphatic carbocycles. The Kier molecular flexibility index (Phi) is 5.09. The topological polar surface area (TPSA) is 80.4 Å². The molecule has 1 radical (unpaired) electrons. The number of sulfonamides is 1. The predicted octanol–water partition coefficient (Wildman–Crippen LogP) is -0.0328. The van der Waals surface area contributed by atoms with E-state index in [9.17, 15) is 8.42 Å². The van der Waals surface area contributed by atoms with Gasteiger partial charge in [0.25, 0.3) is 0 Å². The van der Waals surface area contributed by atoms with Gasteiger partial charge in [0.2, 0.25) is 10.0 Å². The van der Waals surface area contributed by atoms with Gasteiger partial charge in [-0.2, -0.15) is 0 Å². The summed E-state index contributed by atoms with van der Waals surface area (Å²) in [5.41, 5.74) is 0.523. The number of aryl methyl sites for hydroxylation is 1. The molecule has 0 heterocycles. The quantitative estimate of drug-likeness (QED) is 0.660. The minimum atomic E-state index is -3.72. The number of hydrogen-bond donors (Lipinski definition) is 2. The van der Waals surface area contributed by atoms with E-state index in [0.29, 0.717) is 5.56 Å². The molecular formula is C7H9KNO3S. The van der Waals surface area contributed by atoms with E-state index in [-0.39, 0.29) is 62.0 Å². The van der Waals surface area contributed by atoms with Gasteiger partial charge in [0, 0.05) is 57.5 Å². The molecular weight excluding hydrogens is 217 g/mol. The van der Waals surface area contributed by atoms with E-state index in [2.05, 4.69) is 0 Å². The molecule has 0 atom stereocenters. The zero-order valence-electron chi connectivity index (χ0n) is 7.48. The molecule has 13 heavy (non-hydrogen) atoms. The van der Waals surface area contributed by atoms with Crippen molar-refractivity contribution in [3.63, 3.8) is 0 Å². The zero-order chi connectivity index (χ0) is 9.35. The van der Waals surface area contributed by atoms with Gasteiger partial charge in [-0.05, 0) is 18.6 Å². The minimum Gasteiger partial charge on any atom is -0.508 e. The first-order valence-electron chi connectivity index (χ1n) is 3.23. The molecule has 0 fully saturated rings. The molecule has 0 amide bonds. The average Bonchev–Trinajstić information content (AvgIpc) is 1.92. The molecule has 0 unspecified atom stereocenters. The van der Waals surface area contributed by atoms with Gasteiger partial charge >= 0.3 is 0 Å². The number of rotatable bonds is 1. The number of nitrogens with two attached hydrogens (primary N) is 1. The largest absolute Gasteiger partial charge is 0.508 e. The van der Waals surface area contributed by atoms with Crippen LogP contribution in [0.2, 0.25) is 0 Å². The van der Waals surface area contributed by atoms with Crippen molar-refractivity contribution in [1.82, 2.24) is 0 Å². The number of hydrogen-bond acceptors (Lipinski definition) is 3. The Labute approximate surface area is 120 Å². The second kappa shape index (κ2) is 4.88. The molecule has 0 aliphatic heterocycles. The van der Waals surface area contributed by atoms with Crippen molar-refractivity contribution in [2.45, 2.75) is 11.8 Å². The van der Waals surface area contributed by atoms with Crippen LogP contribution in [0.1, 0.15) is 5.56 Å². The van der Waals surface area contributed by atoms with Crippen LogP contribution in [0, 0.1) is 6.92 Å². The molecule has 1 aromatic rings. The van der Waals surface area contributed by atoms with Crippen LogP contribution < -0.4 is 5.14 Å². The first-order valence-corrected chi connectivity index (χ1v) is 4.78. The monoisotopic (exact) mass is 226 g/mol. The van der Waals surface area contributed by atoms with Crippen LogP contribution in [-0.2, 0) is 10.0 Å². The Balaban J connectivity index is 0.00000144. The van der Waals surface area contributed by atoms with Gasteiger partial charge in [-0.3, -0.25) is 0 Å². The number of primary sulfonamides is 1. The molecule has 4 nitrogen and oxygen atoms in total. The van der Waals surface area contributed by atoms with Crippen molar-refractivity contribution >= 4 is 61.4 Å². The average molecular weight is 226 g/mol. The van der Waals surface area contributed by atoms with Crippen LogP contribution >= 0.6 is 0 Å². The Morgan fingerprint density at radius 3 is 2.31 bits per heavy atom. The summed E-state index contributed by atoms with van der Waals surface area (Å²) in [6.07, 6.45) is 0. The van der Waals surface area contributed by atoms with Crippen molar-refractivity contribution in [3.05, 3.63) is 23.8 Å². The summed E-state index contributed by atoms with van der Waals surface area (Å²) in [6.45, 7) is 1.61. The van der Waals surface area contributed by atoms with Crippen LogP contribution in [0.5, 0.6) is 5.75 Å². The van der Waals surface area contributed by atoms with Gasteiger partial charge in [-0.1, -0.05) is 6.07 Å². The molecule has 3 N–H and O–H groups in total. The van der Waals surface area contributed by atoms with Crippen molar-refractivity contribution < 1.29 is 13.5 Å². The number of benzene rings is 1. The van der Waals surface area contributed by atoms with E-state index in [4.69, 9.17) is 10.2 Å². The predicted molar refractivity (Wildman–Crippen MR) is 50.0 cm³/mol. The van der Waals surface area contributed by atoms with Crippen LogP contribution in [0.4, 0.5) is 0 Å². The second-order valence-electron chi connectivity index (χ2n) is 2.49. The summed E-state index contributed by atoms with van der Waals surface area (Å²) in [5, 5.41) is 13.9. The molecule has 0 aromatic heterocycles. The van der Waals surface area contributed by atoms with E-state index in [1.165, 1.54) is 12.1 Å². The molecule has 0 spiro atoms. The van der Waals surface area contributed by atoms with Gasteiger partial charge < -0.3 is 5.11 Å². The molecule has 67 valence electrons. The molecule has 1 rings (SSSR count). The van der Waals surface area contributed by atoms with Gasteiger partial charge in [-0.15, -0.1) is 0 Å². The molecule has 0 saturated carbocycles. The van der Waals surface area contributed by atoms with Gasteiger partial charge in [-0.25, -0.2) is 13.6 Å². The normalized spacial score (nSPS) is 10.6. The van der Waals surface area contributed by atoms with Crippen molar-refractivity contribution in [1.29, 1.82) is 0 Å². The first kappa shape index (κ1) is 13.6. The second-order valence-corrected chi connectivity index (χ2v) is 4.02. The maximum atomic E-state index is 10.9.